The van der Waals surface area contributed by atoms with Crippen molar-refractivity contribution in [2.45, 2.75) is 91.3 Å². The van der Waals surface area contributed by atoms with E-state index >= 15 is 0 Å². The molecule has 0 bridgehead atoms. The number of carbonyl (C=O) groups is 4. The number of nitrogens with one attached hydrogen (secondary N) is 2. The first-order chi connectivity index (χ1) is 17.9. The monoisotopic (exact) mass is 551 g/mol. The largest absolute Gasteiger partial charge is 0.466 e. The molecule has 9 nitrogen and oxygen atoms in total. The highest BCUT2D eigenvalue weighted by molar-refractivity contribution is 7.80. The van der Waals surface area contributed by atoms with Crippen molar-refractivity contribution in [3.63, 3.8) is 0 Å². The van der Waals surface area contributed by atoms with E-state index in [1.165, 1.54) is 4.90 Å². The van der Waals surface area contributed by atoms with E-state index in [9.17, 15) is 19.2 Å². The van der Waals surface area contributed by atoms with Crippen LogP contribution < -0.4 is 10.6 Å². The molecule has 0 radical (unpaired) electrons. The summed E-state index contributed by atoms with van der Waals surface area (Å²) in [4.78, 5) is 53.2. The first-order valence-electron chi connectivity index (χ1n) is 13.3. The zero-order valence-electron chi connectivity index (χ0n) is 23.7. The van der Waals surface area contributed by atoms with Gasteiger partial charge < -0.3 is 25.0 Å². The lowest BCUT2D eigenvalue weighted by Crippen LogP contribution is -2.54. The Morgan fingerprint density at radius 3 is 2.37 bits per heavy atom. The standard InChI is InChI=1S/C28H45N3O6S/c1-7-9-10-11-17-31(26(34)22(19-38)30-27(35)37-28(4,5)6)24(21-14-12-13-20(3)18-21)25(33)29-16-15-23(32)36-8-2/h12-14,18,22,24,38H,7-11,15-17,19H2,1-6H3,(H,29,33)(H,30,35). The second-order valence-electron chi connectivity index (χ2n) is 10.1. The van der Waals surface area contributed by atoms with Gasteiger partial charge in [0.15, 0.2) is 0 Å². The quantitative estimate of drug-likeness (QED) is 0.170. The number of ether oxygens (including phenoxy) is 2. The van der Waals surface area contributed by atoms with E-state index in [2.05, 4.69) is 30.2 Å². The van der Waals surface area contributed by atoms with Gasteiger partial charge in [-0.2, -0.15) is 12.6 Å². The maximum absolute atomic E-state index is 13.9. The van der Waals surface area contributed by atoms with Gasteiger partial charge in [-0.05, 0) is 46.6 Å². The van der Waals surface area contributed by atoms with E-state index < -0.39 is 41.6 Å². The number of rotatable bonds is 15. The Labute approximate surface area is 232 Å². The van der Waals surface area contributed by atoms with Crippen molar-refractivity contribution in [1.29, 1.82) is 0 Å². The maximum Gasteiger partial charge on any atom is 0.408 e. The van der Waals surface area contributed by atoms with Gasteiger partial charge in [-0.1, -0.05) is 56.0 Å². The van der Waals surface area contributed by atoms with E-state index in [0.29, 0.717) is 18.5 Å². The highest BCUT2D eigenvalue weighted by Crippen LogP contribution is 2.25. The third-order valence-electron chi connectivity index (χ3n) is 5.56. The van der Waals surface area contributed by atoms with Gasteiger partial charge in [0.1, 0.15) is 17.7 Å². The van der Waals surface area contributed by atoms with Crippen LogP contribution in [-0.2, 0) is 23.9 Å². The van der Waals surface area contributed by atoms with Crippen molar-refractivity contribution in [1.82, 2.24) is 15.5 Å². The van der Waals surface area contributed by atoms with E-state index in [0.717, 1.165) is 24.8 Å². The maximum atomic E-state index is 13.9. The zero-order valence-corrected chi connectivity index (χ0v) is 24.6. The smallest absolute Gasteiger partial charge is 0.408 e. The van der Waals surface area contributed by atoms with Gasteiger partial charge >= 0.3 is 12.1 Å². The molecule has 0 spiro atoms. The van der Waals surface area contributed by atoms with Gasteiger partial charge in [-0.3, -0.25) is 14.4 Å². The van der Waals surface area contributed by atoms with Crippen molar-refractivity contribution in [2.24, 2.45) is 0 Å². The molecule has 1 aromatic rings. The summed E-state index contributed by atoms with van der Waals surface area (Å²) in [7, 11) is 0. The molecule has 2 N–H and O–H groups in total. The molecule has 0 aliphatic carbocycles. The molecule has 2 atom stereocenters. The van der Waals surface area contributed by atoms with Gasteiger partial charge in [0, 0.05) is 18.8 Å². The molecule has 214 valence electrons. The molecule has 38 heavy (non-hydrogen) atoms. The zero-order chi connectivity index (χ0) is 28.7. The Kier molecular flexibility index (Phi) is 14.9. The number of thiol groups is 1. The molecule has 0 aliphatic heterocycles. The summed E-state index contributed by atoms with van der Waals surface area (Å²) in [6.07, 6.45) is 2.86. The van der Waals surface area contributed by atoms with Crippen LogP contribution in [0.5, 0.6) is 0 Å². The summed E-state index contributed by atoms with van der Waals surface area (Å²) in [6, 6.07) is 5.43. The fourth-order valence-corrected chi connectivity index (χ4v) is 4.09. The summed E-state index contributed by atoms with van der Waals surface area (Å²) in [5, 5.41) is 5.40. The first-order valence-corrected chi connectivity index (χ1v) is 14.0. The third-order valence-corrected chi connectivity index (χ3v) is 5.92. The highest BCUT2D eigenvalue weighted by atomic mass is 32.1. The molecule has 0 fully saturated rings. The van der Waals surface area contributed by atoms with Crippen LogP contribution >= 0.6 is 12.6 Å². The summed E-state index contributed by atoms with van der Waals surface area (Å²) in [5.41, 5.74) is 0.831. The number of unbranched alkanes of at least 4 members (excludes halogenated alkanes) is 3. The van der Waals surface area contributed by atoms with Crippen LogP contribution in [0.4, 0.5) is 4.79 Å². The average molecular weight is 552 g/mol. The van der Waals surface area contributed by atoms with Crippen LogP contribution in [0.2, 0.25) is 0 Å². The van der Waals surface area contributed by atoms with Crippen molar-refractivity contribution in [3.05, 3.63) is 35.4 Å². The second kappa shape index (κ2) is 17.0. The number of aryl methyl sites for hydroxylation is 1. The van der Waals surface area contributed by atoms with Crippen LogP contribution in [0.3, 0.4) is 0 Å². The number of nitrogens with zero attached hydrogens (tertiary/aromatic N) is 1. The molecule has 2 unspecified atom stereocenters. The van der Waals surface area contributed by atoms with Gasteiger partial charge in [-0.25, -0.2) is 4.79 Å². The third kappa shape index (κ3) is 12.2. The van der Waals surface area contributed by atoms with Gasteiger partial charge in [-0.15, -0.1) is 0 Å². The molecular formula is C28H45N3O6S. The van der Waals surface area contributed by atoms with Crippen LogP contribution in [0.1, 0.15) is 83.9 Å². The molecular weight excluding hydrogens is 506 g/mol. The van der Waals surface area contributed by atoms with Crippen LogP contribution in [-0.4, -0.2) is 65.9 Å². The first kappa shape index (κ1) is 33.3. The van der Waals surface area contributed by atoms with Crippen molar-refractivity contribution < 1.29 is 28.7 Å². The summed E-state index contributed by atoms with van der Waals surface area (Å²) < 4.78 is 10.3. The van der Waals surface area contributed by atoms with Crippen molar-refractivity contribution in [3.8, 4) is 0 Å². The Balaban J connectivity index is 3.32. The Morgan fingerprint density at radius 2 is 1.79 bits per heavy atom. The predicted molar refractivity (Wildman–Crippen MR) is 151 cm³/mol. The molecule has 10 heteroatoms. The number of alkyl carbamates (subject to hydrolysis) is 1. The molecule has 0 aromatic heterocycles. The van der Waals surface area contributed by atoms with Crippen molar-refractivity contribution in [2.75, 3.05) is 25.4 Å². The number of hydrogen-bond donors (Lipinski definition) is 3. The molecule has 3 amide bonds. The topological polar surface area (TPSA) is 114 Å². The molecule has 0 saturated carbocycles. The van der Waals surface area contributed by atoms with Crippen LogP contribution in [0.25, 0.3) is 0 Å². The summed E-state index contributed by atoms with van der Waals surface area (Å²) >= 11 is 4.31. The fraction of sp³-hybridized carbons (Fsp3) is 0.643. The molecule has 0 heterocycles. The van der Waals surface area contributed by atoms with E-state index in [1.54, 1.807) is 33.8 Å². The lowest BCUT2D eigenvalue weighted by molar-refractivity contribution is -0.144. The molecule has 0 saturated heterocycles. The van der Waals surface area contributed by atoms with E-state index in [-0.39, 0.29) is 25.3 Å². The minimum Gasteiger partial charge on any atom is -0.466 e. The van der Waals surface area contributed by atoms with Gasteiger partial charge in [0.2, 0.25) is 11.8 Å². The lowest BCUT2D eigenvalue weighted by Gasteiger charge is -2.34. The minimum atomic E-state index is -1.00. The second-order valence-corrected chi connectivity index (χ2v) is 10.5. The van der Waals surface area contributed by atoms with Crippen LogP contribution in [0, 0.1) is 6.92 Å². The number of hydrogen-bond acceptors (Lipinski definition) is 7. The molecule has 0 aliphatic rings. The number of esters is 1. The fourth-order valence-electron chi connectivity index (χ4n) is 3.84. The van der Waals surface area contributed by atoms with Crippen molar-refractivity contribution >= 4 is 36.5 Å². The molecule has 1 aromatic carbocycles. The summed E-state index contributed by atoms with van der Waals surface area (Å²) in [5.74, 6) is -1.24. The number of benzene rings is 1. The van der Waals surface area contributed by atoms with Gasteiger partial charge in [0.25, 0.3) is 0 Å². The Hall–Kier alpha value is -2.75. The van der Waals surface area contributed by atoms with E-state index in [1.807, 2.05) is 25.1 Å². The normalized spacial score (nSPS) is 12.7. The SMILES string of the molecule is CCCCCCN(C(=O)C(CS)NC(=O)OC(C)(C)C)C(C(=O)NCCC(=O)OCC)c1cccc(C)c1. The highest BCUT2D eigenvalue weighted by Gasteiger charge is 2.35. The lowest BCUT2D eigenvalue weighted by atomic mass is 10.00. The average Bonchev–Trinajstić information content (AvgIpc) is 2.83. The predicted octanol–water partition coefficient (Wildman–Crippen LogP) is 4.34. The summed E-state index contributed by atoms with van der Waals surface area (Å²) in [6.45, 7) is 11.6. The van der Waals surface area contributed by atoms with Crippen LogP contribution in [0.15, 0.2) is 24.3 Å². The number of amides is 3. The van der Waals surface area contributed by atoms with Gasteiger partial charge in [0.05, 0.1) is 13.0 Å². The Bertz CT molecular complexity index is 918. The molecule has 1 rings (SSSR count). The van der Waals surface area contributed by atoms with E-state index in [4.69, 9.17) is 9.47 Å². The number of carbonyl (C=O) groups excluding carboxylic acids is 4. The Morgan fingerprint density at radius 1 is 1.08 bits per heavy atom. The minimum absolute atomic E-state index is 0.0179.